The summed E-state index contributed by atoms with van der Waals surface area (Å²) in [4.78, 5) is 49.1. The minimum Gasteiger partial charge on any atom is -0.457 e. The first kappa shape index (κ1) is 34.2. The molecule has 0 spiro atoms. The lowest BCUT2D eigenvalue weighted by Gasteiger charge is -2.36. The van der Waals surface area contributed by atoms with Gasteiger partial charge in [0.15, 0.2) is 10.8 Å². The van der Waals surface area contributed by atoms with Gasteiger partial charge < -0.3 is 25.5 Å². The zero-order valence-electron chi connectivity index (χ0n) is 27.3. The number of nitrogens with one attached hydrogen (secondary N) is 3. The predicted octanol–water partition coefficient (Wildman–Crippen LogP) is 5.34. The van der Waals surface area contributed by atoms with Crippen molar-refractivity contribution in [3.63, 3.8) is 0 Å². The van der Waals surface area contributed by atoms with E-state index in [1.165, 1.54) is 25.2 Å². The molecule has 4 aromatic rings. The average molecular weight is 672 g/mol. The third-order valence-electron chi connectivity index (χ3n) is 7.60. The fourth-order valence-corrected chi connectivity index (χ4v) is 5.88. The number of carbonyl (C=O) groups excluding carboxylic acids is 3. The molecule has 0 radical (unpaired) electrons. The summed E-state index contributed by atoms with van der Waals surface area (Å²) >= 11 is 1.23. The van der Waals surface area contributed by atoms with Crippen molar-refractivity contribution in [2.24, 2.45) is 5.16 Å². The summed E-state index contributed by atoms with van der Waals surface area (Å²) in [5.41, 5.74) is -0.638. The van der Waals surface area contributed by atoms with E-state index in [1.807, 2.05) is 91.0 Å². The number of nitrogens with zero attached hydrogens (tertiary/aromatic N) is 2. The van der Waals surface area contributed by atoms with Gasteiger partial charge in [-0.15, -0.1) is 11.3 Å². The lowest BCUT2D eigenvalue weighted by Crippen LogP contribution is -2.70. The van der Waals surface area contributed by atoms with Gasteiger partial charge in [-0.05, 0) is 51.3 Å². The van der Waals surface area contributed by atoms with E-state index in [0.717, 1.165) is 16.7 Å². The van der Waals surface area contributed by atoms with E-state index in [1.54, 1.807) is 26.2 Å². The molecule has 2 heterocycles. The quantitative estimate of drug-likeness (QED) is 0.0610. The van der Waals surface area contributed by atoms with Crippen molar-refractivity contribution in [2.75, 3.05) is 12.0 Å². The number of hydrogen-bond acceptors (Lipinski definition) is 9. The van der Waals surface area contributed by atoms with E-state index in [-0.39, 0.29) is 11.4 Å². The highest BCUT2D eigenvalue weighted by Gasteiger charge is 2.42. The number of ether oxygens (including phenoxy) is 1. The second-order valence-corrected chi connectivity index (χ2v) is 13.6. The van der Waals surface area contributed by atoms with Gasteiger partial charge in [-0.1, -0.05) is 96.2 Å². The maximum Gasteiger partial charge on any atom is 0.353 e. The minimum atomic E-state index is -1.59. The van der Waals surface area contributed by atoms with Crippen molar-refractivity contribution < 1.29 is 28.3 Å². The molecule has 5 rings (SSSR count). The van der Waals surface area contributed by atoms with Gasteiger partial charge >= 0.3 is 5.97 Å². The number of thiazole rings is 1. The molecule has 0 aliphatic carbocycles. The molecule has 3 aromatic carbocycles. The second kappa shape index (κ2) is 13.9. The summed E-state index contributed by atoms with van der Waals surface area (Å²) < 4.78 is 18.9. The molecule has 12 heteroatoms. The van der Waals surface area contributed by atoms with E-state index in [2.05, 4.69) is 21.1 Å². The molecule has 3 N–H and O–H groups in total. The highest BCUT2D eigenvalue weighted by Crippen LogP contribution is 2.40. The molecule has 2 amide bonds. The monoisotopic (exact) mass is 671 g/mol. The fraction of sp³-hybridized carbons (Fsp3) is 0.306. The van der Waals surface area contributed by atoms with Crippen molar-refractivity contribution >= 4 is 40.0 Å². The number of oxime groups is 1. The first-order chi connectivity index (χ1) is 22.8. The Hall–Kier alpha value is -5.10. The smallest absolute Gasteiger partial charge is 0.353 e. The lowest BCUT2D eigenvalue weighted by molar-refractivity contribution is -0.179. The second-order valence-electron chi connectivity index (χ2n) is 12.8. The number of esters is 1. The van der Waals surface area contributed by atoms with Gasteiger partial charge in [-0.25, -0.2) is 14.2 Å². The summed E-state index contributed by atoms with van der Waals surface area (Å²) in [7, 11) is 0. The third-order valence-corrected chi connectivity index (χ3v) is 8.36. The Morgan fingerprint density at radius 1 is 0.896 bits per heavy atom. The van der Waals surface area contributed by atoms with Crippen LogP contribution in [0.1, 0.15) is 57.0 Å². The van der Waals surface area contributed by atoms with E-state index >= 15 is 0 Å². The molecule has 2 atom stereocenters. The Morgan fingerprint density at radius 3 is 1.88 bits per heavy atom. The van der Waals surface area contributed by atoms with E-state index in [0.29, 0.717) is 5.13 Å². The van der Waals surface area contributed by atoms with Gasteiger partial charge in [0.05, 0.1) is 6.04 Å². The first-order valence-electron chi connectivity index (χ1n) is 15.4. The molecule has 1 aliphatic heterocycles. The number of alkyl halides is 1. The molecule has 2 unspecified atom stereocenters. The normalized spacial score (nSPS) is 16.7. The van der Waals surface area contributed by atoms with Crippen LogP contribution in [0.5, 0.6) is 0 Å². The highest BCUT2D eigenvalue weighted by molar-refractivity contribution is 7.14. The number of carbonyl (C=O) groups is 3. The summed E-state index contributed by atoms with van der Waals surface area (Å²) in [6, 6.07) is 27.8. The standard InChI is InChI=1S/C36H38FN5O5S/c1-34(2,3)46-32(45)35(4,5)47-42-29(31(44)40-28-26(21-37)38-30(28)43)27-22-48-33(39-27)41-36(23-15-9-6-10-16-23,24-17-11-7-12-18-24)25-19-13-8-14-20-25/h6-20,22,26,28H,21H2,1-5H3,(H,38,43)(H,39,41)(H,40,44). The Labute approximate surface area is 282 Å². The zero-order chi connectivity index (χ0) is 34.5. The molecule has 1 fully saturated rings. The van der Waals surface area contributed by atoms with Crippen molar-refractivity contribution in [3.05, 3.63) is 119 Å². The number of amides is 2. The first-order valence-corrected chi connectivity index (χ1v) is 16.3. The zero-order valence-corrected chi connectivity index (χ0v) is 28.1. The van der Waals surface area contributed by atoms with Gasteiger partial charge in [0.2, 0.25) is 11.5 Å². The number of rotatable bonds is 12. The summed E-state index contributed by atoms with van der Waals surface area (Å²) in [6.45, 7) is 7.21. The summed E-state index contributed by atoms with van der Waals surface area (Å²) in [5, 5.41) is 14.7. The van der Waals surface area contributed by atoms with Crippen molar-refractivity contribution in [1.82, 2.24) is 15.6 Å². The van der Waals surface area contributed by atoms with E-state index in [4.69, 9.17) is 14.6 Å². The van der Waals surface area contributed by atoms with Crippen LogP contribution in [0.4, 0.5) is 9.52 Å². The van der Waals surface area contributed by atoms with Gasteiger partial charge in [0.1, 0.15) is 29.6 Å². The van der Waals surface area contributed by atoms with Crippen LogP contribution in [0.2, 0.25) is 0 Å². The molecular weight excluding hydrogens is 633 g/mol. The van der Waals surface area contributed by atoms with E-state index < -0.39 is 53.3 Å². The Bertz CT molecular complexity index is 1680. The Morgan fingerprint density at radius 2 is 1.42 bits per heavy atom. The lowest BCUT2D eigenvalue weighted by atomic mass is 9.77. The number of β-lactam (4-membered cyclic amide) rings is 1. The van der Waals surface area contributed by atoms with Gasteiger partial charge in [-0.2, -0.15) is 0 Å². The van der Waals surface area contributed by atoms with Crippen LogP contribution in [-0.4, -0.2) is 58.4 Å². The molecule has 1 saturated heterocycles. The van der Waals surface area contributed by atoms with Crippen molar-refractivity contribution in [1.29, 1.82) is 0 Å². The van der Waals surface area contributed by atoms with Crippen LogP contribution in [-0.2, 0) is 29.5 Å². The topological polar surface area (TPSA) is 131 Å². The molecule has 250 valence electrons. The predicted molar refractivity (Wildman–Crippen MR) is 182 cm³/mol. The minimum absolute atomic E-state index is 0.111. The largest absolute Gasteiger partial charge is 0.457 e. The average Bonchev–Trinajstić information content (AvgIpc) is 3.53. The maximum atomic E-state index is 13.6. The van der Waals surface area contributed by atoms with Crippen LogP contribution < -0.4 is 16.0 Å². The molecule has 0 bridgehead atoms. The van der Waals surface area contributed by atoms with Crippen molar-refractivity contribution in [3.8, 4) is 0 Å². The maximum absolute atomic E-state index is 13.6. The van der Waals surface area contributed by atoms with Crippen molar-refractivity contribution in [2.45, 2.75) is 63.4 Å². The Balaban J connectivity index is 1.55. The number of anilines is 1. The molecule has 48 heavy (non-hydrogen) atoms. The highest BCUT2D eigenvalue weighted by atomic mass is 32.1. The number of aromatic nitrogens is 1. The molecule has 1 aromatic heterocycles. The van der Waals surface area contributed by atoms with Crippen LogP contribution in [0.15, 0.2) is 102 Å². The fourth-order valence-electron chi connectivity index (χ4n) is 5.13. The molecular formula is C36H38FN5O5S. The van der Waals surface area contributed by atoms with Crippen LogP contribution >= 0.6 is 11.3 Å². The molecule has 10 nitrogen and oxygen atoms in total. The van der Waals surface area contributed by atoms with E-state index in [9.17, 15) is 18.8 Å². The summed E-state index contributed by atoms with van der Waals surface area (Å²) in [6.07, 6.45) is 0. The molecule has 0 saturated carbocycles. The van der Waals surface area contributed by atoms with Crippen LogP contribution in [0.25, 0.3) is 0 Å². The number of benzene rings is 3. The SMILES string of the molecule is CC(C)(C)OC(=O)C(C)(C)ON=C(C(=O)NC1C(=O)NC1CF)c1csc(NC(c2ccccc2)(c2ccccc2)c2ccccc2)n1. The van der Waals surface area contributed by atoms with Gasteiger partial charge in [0, 0.05) is 5.38 Å². The summed E-state index contributed by atoms with van der Waals surface area (Å²) in [5.74, 6) is -2.06. The van der Waals surface area contributed by atoms with Gasteiger partial charge in [0.25, 0.3) is 5.91 Å². The van der Waals surface area contributed by atoms with Crippen LogP contribution in [0.3, 0.4) is 0 Å². The molecule has 1 aliphatic rings. The third kappa shape index (κ3) is 7.38. The van der Waals surface area contributed by atoms with Crippen LogP contribution in [0, 0.1) is 0 Å². The number of halogens is 1. The Kier molecular flexibility index (Phi) is 9.95. The van der Waals surface area contributed by atoms with Gasteiger partial charge in [-0.3, -0.25) is 9.59 Å². The number of hydrogen-bond donors (Lipinski definition) is 3.